The predicted octanol–water partition coefficient (Wildman–Crippen LogP) is 2.24. The zero-order chi connectivity index (χ0) is 18.5. The van der Waals surface area contributed by atoms with Crippen LogP contribution in [0.2, 0.25) is 0 Å². The number of hydrazone groups is 1. The Labute approximate surface area is 148 Å². The van der Waals surface area contributed by atoms with E-state index in [2.05, 4.69) is 15.8 Å². The van der Waals surface area contributed by atoms with E-state index in [0.717, 1.165) is 0 Å². The number of carbonyl (C=O) groups excluding carboxylic acids is 2. The van der Waals surface area contributed by atoms with E-state index in [4.69, 9.17) is 9.15 Å². The van der Waals surface area contributed by atoms with Gasteiger partial charge in [-0.15, -0.1) is 0 Å². The minimum absolute atomic E-state index is 0.245. The van der Waals surface area contributed by atoms with Gasteiger partial charge >= 0.3 is 11.8 Å². The van der Waals surface area contributed by atoms with Gasteiger partial charge in [-0.3, -0.25) is 9.59 Å². The molecule has 8 heteroatoms. The van der Waals surface area contributed by atoms with E-state index >= 15 is 0 Å². The van der Waals surface area contributed by atoms with E-state index in [-0.39, 0.29) is 11.7 Å². The molecular weight excluding hydrogens is 338 g/mol. The number of nitrogens with zero attached hydrogens (tertiary/aromatic N) is 1. The van der Waals surface area contributed by atoms with E-state index in [1.807, 2.05) is 0 Å². The number of carbonyl (C=O) groups is 2. The molecule has 0 aliphatic carbocycles. The molecule has 0 radical (unpaired) electrons. The monoisotopic (exact) mass is 353 g/mol. The molecule has 26 heavy (non-hydrogen) atoms. The molecule has 0 saturated heterocycles. The molecule has 3 aromatic rings. The van der Waals surface area contributed by atoms with Gasteiger partial charge in [0.1, 0.15) is 5.75 Å². The van der Waals surface area contributed by atoms with Gasteiger partial charge in [0.05, 0.1) is 18.7 Å². The molecule has 2 amide bonds. The van der Waals surface area contributed by atoms with Gasteiger partial charge in [0, 0.05) is 11.1 Å². The summed E-state index contributed by atoms with van der Waals surface area (Å²) in [6, 6.07) is 13.5. The molecule has 1 heterocycles. The maximum atomic E-state index is 11.8. The number of anilines is 1. The molecular formula is C18H15N3O5. The summed E-state index contributed by atoms with van der Waals surface area (Å²) >= 11 is 0. The van der Waals surface area contributed by atoms with Crippen molar-refractivity contribution >= 4 is 34.5 Å². The van der Waals surface area contributed by atoms with Crippen LogP contribution >= 0.6 is 0 Å². The fourth-order valence-electron chi connectivity index (χ4n) is 2.26. The number of amides is 2. The number of benzene rings is 2. The molecule has 0 bridgehead atoms. The number of ether oxygens (including phenoxy) is 1. The maximum Gasteiger partial charge on any atom is 0.329 e. The second-order valence-electron chi connectivity index (χ2n) is 5.20. The highest BCUT2D eigenvalue weighted by atomic mass is 16.5. The molecule has 0 saturated carbocycles. The molecule has 0 aliphatic rings. The van der Waals surface area contributed by atoms with Crippen molar-refractivity contribution in [3.8, 4) is 11.7 Å². The van der Waals surface area contributed by atoms with Crippen LogP contribution in [0.25, 0.3) is 10.8 Å². The van der Waals surface area contributed by atoms with Crippen LogP contribution < -0.4 is 15.5 Å². The molecule has 132 valence electrons. The number of hydrogen-bond donors (Lipinski definition) is 3. The highest BCUT2D eigenvalue weighted by Gasteiger charge is 2.14. The second kappa shape index (κ2) is 7.39. The quantitative estimate of drug-likeness (QED) is 0.378. The molecule has 0 atom stereocenters. The van der Waals surface area contributed by atoms with Crippen LogP contribution in [-0.2, 0) is 9.59 Å². The Kier molecular flexibility index (Phi) is 4.84. The molecule has 0 fully saturated rings. The lowest BCUT2D eigenvalue weighted by Crippen LogP contribution is -2.32. The number of aromatic hydroxyl groups is 1. The Balaban J connectivity index is 1.62. The third-order valence-electron chi connectivity index (χ3n) is 3.53. The molecule has 0 spiro atoms. The van der Waals surface area contributed by atoms with Crippen molar-refractivity contribution in [2.75, 3.05) is 12.4 Å². The van der Waals surface area contributed by atoms with E-state index in [0.29, 0.717) is 22.2 Å². The minimum Gasteiger partial charge on any atom is -0.497 e. The van der Waals surface area contributed by atoms with Crippen LogP contribution in [0.5, 0.6) is 11.7 Å². The first-order valence-corrected chi connectivity index (χ1v) is 7.57. The van der Waals surface area contributed by atoms with Crippen molar-refractivity contribution in [3.05, 3.63) is 54.3 Å². The molecule has 1 aromatic heterocycles. The van der Waals surface area contributed by atoms with Gasteiger partial charge < -0.3 is 19.6 Å². The lowest BCUT2D eigenvalue weighted by molar-refractivity contribution is -0.136. The van der Waals surface area contributed by atoms with Crippen LogP contribution in [0, 0.1) is 0 Å². The number of rotatable bonds is 4. The van der Waals surface area contributed by atoms with Crippen molar-refractivity contribution in [2.24, 2.45) is 5.10 Å². The van der Waals surface area contributed by atoms with Crippen molar-refractivity contribution < 1.29 is 23.8 Å². The Morgan fingerprint density at radius 1 is 1.08 bits per heavy atom. The third-order valence-corrected chi connectivity index (χ3v) is 3.53. The zero-order valence-electron chi connectivity index (χ0n) is 13.7. The van der Waals surface area contributed by atoms with Crippen molar-refractivity contribution in [1.29, 1.82) is 0 Å². The zero-order valence-corrected chi connectivity index (χ0v) is 13.7. The number of hydrogen-bond acceptors (Lipinski definition) is 6. The SMILES string of the molecule is COc1ccc(NC(=O)C(=O)NN=Cc2oc(O)c3ccccc23)cc1. The summed E-state index contributed by atoms with van der Waals surface area (Å²) in [6.45, 7) is 0. The molecule has 3 N–H and O–H groups in total. The average molecular weight is 353 g/mol. The predicted molar refractivity (Wildman–Crippen MR) is 95.2 cm³/mol. The van der Waals surface area contributed by atoms with Crippen LogP contribution in [-0.4, -0.2) is 30.2 Å². The van der Waals surface area contributed by atoms with Gasteiger partial charge in [-0.2, -0.15) is 5.10 Å². The van der Waals surface area contributed by atoms with Crippen LogP contribution in [0.4, 0.5) is 5.69 Å². The van der Waals surface area contributed by atoms with Crippen molar-refractivity contribution in [3.63, 3.8) is 0 Å². The highest BCUT2D eigenvalue weighted by molar-refractivity contribution is 6.39. The van der Waals surface area contributed by atoms with Gasteiger partial charge in [0.15, 0.2) is 5.76 Å². The first-order valence-electron chi connectivity index (χ1n) is 7.57. The van der Waals surface area contributed by atoms with Gasteiger partial charge in [-0.1, -0.05) is 18.2 Å². The van der Waals surface area contributed by atoms with Crippen LogP contribution in [0.15, 0.2) is 58.0 Å². The maximum absolute atomic E-state index is 11.8. The topological polar surface area (TPSA) is 113 Å². The molecule has 8 nitrogen and oxygen atoms in total. The largest absolute Gasteiger partial charge is 0.497 e. The van der Waals surface area contributed by atoms with Gasteiger partial charge in [0.25, 0.3) is 5.95 Å². The van der Waals surface area contributed by atoms with E-state index in [9.17, 15) is 14.7 Å². The Morgan fingerprint density at radius 2 is 1.77 bits per heavy atom. The van der Waals surface area contributed by atoms with E-state index in [1.165, 1.54) is 13.3 Å². The Hall–Kier alpha value is -3.81. The summed E-state index contributed by atoms with van der Waals surface area (Å²) in [7, 11) is 1.53. The van der Waals surface area contributed by atoms with Gasteiger partial charge in [-0.25, -0.2) is 5.43 Å². The fourth-order valence-corrected chi connectivity index (χ4v) is 2.26. The Morgan fingerprint density at radius 3 is 2.46 bits per heavy atom. The highest BCUT2D eigenvalue weighted by Crippen LogP contribution is 2.29. The Bertz CT molecular complexity index is 976. The van der Waals surface area contributed by atoms with E-state index < -0.39 is 11.8 Å². The second-order valence-corrected chi connectivity index (χ2v) is 5.20. The summed E-state index contributed by atoms with van der Waals surface area (Å²) in [6.07, 6.45) is 1.21. The van der Waals surface area contributed by atoms with Gasteiger partial charge in [0.2, 0.25) is 0 Å². The first kappa shape index (κ1) is 17.0. The summed E-state index contributed by atoms with van der Waals surface area (Å²) in [5.74, 6) is -1.18. The average Bonchev–Trinajstić information content (AvgIpc) is 2.98. The van der Waals surface area contributed by atoms with Crippen LogP contribution in [0.3, 0.4) is 0 Å². The summed E-state index contributed by atoms with van der Waals surface area (Å²) in [4.78, 5) is 23.6. The minimum atomic E-state index is -0.947. The normalized spacial score (nSPS) is 10.8. The summed E-state index contributed by atoms with van der Waals surface area (Å²) in [5.41, 5.74) is 2.54. The number of fused-ring (bicyclic) bond motifs is 1. The lowest BCUT2D eigenvalue weighted by Gasteiger charge is -2.05. The molecule has 2 aromatic carbocycles. The van der Waals surface area contributed by atoms with Crippen molar-refractivity contribution in [2.45, 2.75) is 0 Å². The number of methoxy groups -OCH3 is 1. The standard InChI is InChI=1S/C18H15N3O5/c1-25-12-8-6-11(7-9-12)20-16(22)17(23)21-19-10-15-13-4-2-3-5-14(13)18(24)26-15/h2-10,24H,1H3,(H,20,22)(H,21,23). The fraction of sp³-hybridized carbons (Fsp3) is 0.0556. The first-order chi connectivity index (χ1) is 12.6. The number of nitrogens with one attached hydrogen (secondary N) is 2. The summed E-state index contributed by atoms with van der Waals surface area (Å²) < 4.78 is 10.2. The summed E-state index contributed by atoms with van der Waals surface area (Å²) in [5, 5.41) is 17.0. The van der Waals surface area contributed by atoms with Gasteiger partial charge in [-0.05, 0) is 30.3 Å². The lowest BCUT2D eigenvalue weighted by atomic mass is 10.2. The molecule has 0 unspecified atom stereocenters. The number of furan rings is 1. The van der Waals surface area contributed by atoms with Crippen LogP contribution in [0.1, 0.15) is 5.76 Å². The van der Waals surface area contributed by atoms with Crippen molar-refractivity contribution in [1.82, 2.24) is 5.43 Å². The van der Waals surface area contributed by atoms with E-state index in [1.54, 1.807) is 48.5 Å². The smallest absolute Gasteiger partial charge is 0.329 e. The molecule has 0 aliphatic heterocycles. The third kappa shape index (κ3) is 3.64. The molecule has 3 rings (SSSR count).